The van der Waals surface area contributed by atoms with Crippen molar-refractivity contribution in [2.24, 2.45) is 11.3 Å². The van der Waals surface area contributed by atoms with Crippen molar-refractivity contribution >= 4 is 41.4 Å². The molecule has 3 rings (SSSR count). The van der Waals surface area contributed by atoms with E-state index in [1.165, 1.54) is 0 Å². The van der Waals surface area contributed by atoms with Crippen molar-refractivity contribution < 1.29 is 19.1 Å². The maximum atomic E-state index is 13.7. The molecule has 1 N–H and O–H groups in total. The van der Waals surface area contributed by atoms with Crippen LogP contribution in [0.4, 0.5) is 0 Å². The largest absolute Gasteiger partial charge is 0.460 e. The van der Waals surface area contributed by atoms with Gasteiger partial charge in [-0.05, 0) is 68.5 Å². The topological polar surface area (TPSA) is 72.5 Å². The van der Waals surface area contributed by atoms with Gasteiger partial charge in [0.2, 0.25) is 5.91 Å². The number of carbonyl (C=O) groups is 3. The van der Waals surface area contributed by atoms with E-state index in [4.69, 9.17) is 27.9 Å². The zero-order valence-corrected chi connectivity index (χ0v) is 21.5. The number of rotatable bonds is 7. The smallest absolute Gasteiger partial charge is 0.307 e. The normalized spacial score (nSPS) is 23.6. The molecular weight excluding hydrogens is 473 g/mol. The van der Waals surface area contributed by atoms with Gasteiger partial charge >= 0.3 is 5.97 Å². The first kappa shape index (κ1) is 26.2. The molecule has 0 aliphatic carbocycles. The van der Waals surface area contributed by atoms with Crippen LogP contribution in [0.3, 0.4) is 0 Å². The average molecular weight is 504 g/mol. The number of aldehydes is 1. The predicted octanol–water partition coefficient (Wildman–Crippen LogP) is 6.28. The summed E-state index contributed by atoms with van der Waals surface area (Å²) >= 11 is 12.4. The van der Waals surface area contributed by atoms with Gasteiger partial charge in [-0.3, -0.25) is 9.59 Å². The second-order valence-corrected chi connectivity index (χ2v) is 11.0. The van der Waals surface area contributed by atoms with Gasteiger partial charge in [0.25, 0.3) is 0 Å². The third kappa shape index (κ3) is 6.00. The first-order chi connectivity index (χ1) is 15.9. The van der Waals surface area contributed by atoms with Gasteiger partial charge in [-0.2, -0.15) is 0 Å². The summed E-state index contributed by atoms with van der Waals surface area (Å²) in [6.45, 7) is 7.21. The van der Waals surface area contributed by atoms with Crippen LogP contribution in [0.2, 0.25) is 10.0 Å². The Bertz CT molecular complexity index is 1050. The zero-order chi connectivity index (χ0) is 25.1. The first-order valence-corrected chi connectivity index (χ1v) is 12.2. The van der Waals surface area contributed by atoms with E-state index in [0.29, 0.717) is 16.5 Å². The van der Waals surface area contributed by atoms with Gasteiger partial charge in [0.15, 0.2) is 0 Å². The minimum Gasteiger partial charge on any atom is -0.460 e. The molecule has 1 aliphatic rings. The molecule has 0 radical (unpaired) electrons. The van der Waals surface area contributed by atoms with Crippen molar-refractivity contribution in [3.63, 3.8) is 0 Å². The van der Waals surface area contributed by atoms with Gasteiger partial charge in [-0.15, -0.1) is 0 Å². The molecule has 1 saturated heterocycles. The molecule has 0 spiro atoms. The van der Waals surface area contributed by atoms with Crippen molar-refractivity contribution in [1.29, 1.82) is 0 Å². The van der Waals surface area contributed by atoms with E-state index in [1.807, 2.05) is 37.3 Å². The molecule has 0 aromatic heterocycles. The molecule has 4 atom stereocenters. The summed E-state index contributed by atoms with van der Waals surface area (Å²) < 4.78 is 5.58. The van der Waals surface area contributed by atoms with Crippen molar-refractivity contribution in [2.75, 3.05) is 0 Å². The van der Waals surface area contributed by atoms with Crippen molar-refractivity contribution in [3.05, 3.63) is 69.7 Å². The lowest BCUT2D eigenvalue weighted by atomic mass is 9.61. The van der Waals surface area contributed by atoms with Gasteiger partial charge in [-0.1, -0.05) is 54.4 Å². The maximum Gasteiger partial charge on any atom is 0.307 e. The Labute approximate surface area is 211 Å². The van der Waals surface area contributed by atoms with Crippen LogP contribution in [0.1, 0.15) is 70.0 Å². The fourth-order valence-corrected chi connectivity index (χ4v) is 5.10. The molecule has 2 aromatic rings. The van der Waals surface area contributed by atoms with Crippen LogP contribution in [0.5, 0.6) is 0 Å². The van der Waals surface area contributed by atoms with E-state index >= 15 is 0 Å². The Morgan fingerprint density at radius 2 is 1.82 bits per heavy atom. The van der Waals surface area contributed by atoms with Crippen molar-refractivity contribution in [2.45, 2.75) is 64.5 Å². The Hall–Kier alpha value is -2.37. The number of piperidine rings is 1. The molecule has 1 heterocycles. The molecule has 1 amide bonds. The lowest BCUT2D eigenvalue weighted by Gasteiger charge is -2.47. The monoisotopic (exact) mass is 503 g/mol. The maximum absolute atomic E-state index is 13.7. The summed E-state index contributed by atoms with van der Waals surface area (Å²) in [6, 6.07) is 14.5. The number of amides is 1. The molecule has 34 heavy (non-hydrogen) atoms. The van der Waals surface area contributed by atoms with Crippen molar-refractivity contribution in [3.8, 4) is 0 Å². The summed E-state index contributed by atoms with van der Waals surface area (Å²) in [6.07, 6.45) is 1.20. The molecule has 1 fully saturated rings. The Morgan fingerprint density at radius 1 is 1.15 bits per heavy atom. The molecule has 182 valence electrons. The van der Waals surface area contributed by atoms with E-state index in [2.05, 4.69) is 5.32 Å². The number of esters is 1. The summed E-state index contributed by atoms with van der Waals surface area (Å²) in [7, 11) is 0. The Morgan fingerprint density at radius 3 is 2.41 bits per heavy atom. The van der Waals surface area contributed by atoms with Crippen LogP contribution < -0.4 is 5.32 Å². The van der Waals surface area contributed by atoms with Gasteiger partial charge in [0.1, 0.15) is 11.9 Å². The van der Waals surface area contributed by atoms with Gasteiger partial charge < -0.3 is 14.8 Å². The molecule has 1 aliphatic heterocycles. The predicted molar refractivity (Wildman–Crippen MR) is 134 cm³/mol. The van der Waals surface area contributed by atoms with Crippen LogP contribution >= 0.6 is 23.2 Å². The molecule has 0 saturated carbocycles. The van der Waals surface area contributed by atoms with Gasteiger partial charge in [-0.25, -0.2) is 0 Å². The summed E-state index contributed by atoms with van der Waals surface area (Å²) in [5.41, 5.74) is 0.0465. The number of halogens is 2. The Kier molecular flexibility index (Phi) is 8.10. The van der Waals surface area contributed by atoms with Crippen LogP contribution in [-0.4, -0.2) is 23.8 Å². The van der Waals surface area contributed by atoms with E-state index in [0.717, 1.165) is 17.4 Å². The number of benzene rings is 2. The van der Waals surface area contributed by atoms with Crippen LogP contribution in [0.25, 0.3) is 0 Å². The highest BCUT2D eigenvalue weighted by molar-refractivity contribution is 6.30. The second kappa shape index (κ2) is 10.5. The SMILES string of the molecule is C[C@H](CC=O)[C@]1(CC(=O)OC(C)(C)C)C[C@H](c2cccc(Cl)c2)[C@@H](c2ccc(Cl)cc2)NC1=O. The minimum absolute atomic E-state index is 0.116. The van der Waals surface area contributed by atoms with E-state index < -0.39 is 17.0 Å². The quantitative estimate of drug-likeness (QED) is 0.356. The number of hydrogen-bond acceptors (Lipinski definition) is 4. The van der Waals surface area contributed by atoms with E-state index in [1.54, 1.807) is 39.0 Å². The molecule has 2 aromatic carbocycles. The molecule has 0 unspecified atom stereocenters. The number of nitrogens with one attached hydrogen (secondary N) is 1. The number of carbonyl (C=O) groups excluding carboxylic acids is 3. The summed E-state index contributed by atoms with van der Waals surface area (Å²) in [5.74, 6) is -1.28. The number of hydrogen-bond donors (Lipinski definition) is 1. The standard InChI is InChI=1S/C27H31Cl2NO4/c1-17(12-13-31)27(16-23(32)34-26(2,3)4)15-22(19-6-5-7-21(29)14-19)24(30-25(27)33)18-8-10-20(28)11-9-18/h5-11,13-14,17,22,24H,12,15-16H2,1-4H3,(H,30,33)/t17-,22-,24-,27-/m1/s1. The summed E-state index contributed by atoms with van der Waals surface area (Å²) in [5, 5.41) is 4.36. The van der Waals surface area contributed by atoms with Gasteiger partial charge in [0, 0.05) is 22.4 Å². The fourth-order valence-electron chi connectivity index (χ4n) is 4.78. The van der Waals surface area contributed by atoms with Crippen LogP contribution in [0, 0.1) is 11.3 Å². The molecule has 0 bridgehead atoms. The molecule has 5 nitrogen and oxygen atoms in total. The van der Waals surface area contributed by atoms with E-state index in [-0.39, 0.29) is 36.6 Å². The molecular formula is C27H31Cl2NO4. The molecule has 7 heteroatoms. The third-order valence-corrected chi connectivity index (χ3v) is 6.99. The van der Waals surface area contributed by atoms with Crippen molar-refractivity contribution in [1.82, 2.24) is 5.32 Å². The van der Waals surface area contributed by atoms with E-state index in [9.17, 15) is 14.4 Å². The average Bonchev–Trinajstić information content (AvgIpc) is 2.74. The second-order valence-electron chi connectivity index (χ2n) is 10.1. The third-order valence-electron chi connectivity index (χ3n) is 6.50. The van der Waals surface area contributed by atoms with Crippen LogP contribution in [0.15, 0.2) is 48.5 Å². The summed E-state index contributed by atoms with van der Waals surface area (Å²) in [4.78, 5) is 38.1. The van der Waals surface area contributed by atoms with Gasteiger partial charge in [0.05, 0.1) is 17.9 Å². The zero-order valence-electron chi connectivity index (χ0n) is 19.9. The lowest BCUT2D eigenvalue weighted by Crippen LogP contribution is -2.54. The highest BCUT2D eigenvalue weighted by Gasteiger charge is 2.52. The minimum atomic E-state index is -1.11. The highest BCUT2D eigenvalue weighted by Crippen LogP contribution is 2.51. The lowest BCUT2D eigenvalue weighted by molar-refractivity contribution is -0.164. The van der Waals surface area contributed by atoms with Crippen LogP contribution in [-0.2, 0) is 19.1 Å². The number of ether oxygens (including phenoxy) is 1. The Balaban J connectivity index is 2.08. The fraction of sp³-hybridized carbons (Fsp3) is 0.444. The first-order valence-electron chi connectivity index (χ1n) is 11.4. The highest BCUT2D eigenvalue weighted by atomic mass is 35.5.